The van der Waals surface area contributed by atoms with Gasteiger partial charge >= 0.3 is 13.6 Å². The molecule has 5 nitrogen and oxygen atoms in total. The van der Waals surface area contributed by atoms with E-state index in [1.54, 1.807) is 24.3 Å². The van der Waals surface area contributed by atoms with Gasteiger partial charge in [-0.05, 0) is 6.07 Å². The van der Waals surface area contributed by atoms with Crippen LogP contribution in [0, 0.1) is 0 Å². The third kappa shape index (κ3) is 1.57. The van der Waals surface area contributed by atoms with Gasteiger partial charge in [-0.15, -0.1) is 0 Å². The fourth-order valence-corrected chi connectivity index (χ4v) is 2.95. The van der Waals surface area contributed by atoms with Crippen LogP contribution in [0.1, 0.15) is 21.8 Å². The number of fused-ring (bicyclic) bond motifs is 1. The van der Waals surface area contributed by atoms with Crippen molar-refractivity contribution < 1.29 is 23.1 Å². The normalized spacial score (nSPS) is 19.4. The van der Waals surface area contributed by atoms with Gasteiger partial charge in [-0.2, -0.15) is 0 Å². The second-order valence-corrected chi connectivity index (χ2v) is 5.53. The van der Waals surface area contributed by atoms with E-state index < -0.39 is 19.4 Å². The summed E-state index contributed by atoms with van der Waals surface area (Å²) in [5, 5.41) is 0. The summed E-state index contributed by atoms with van der Waals surface area (Å²) in [6.07, 6.45) is 0. The zero-order chi connectivity index (χ0) is 11.8. The molecular weight excluding hydrogens is 231 g/mol. The molecule has 0 aromatic heterocycles. The van der Waals surface area contributed by atoms with Crippen LogP contribution in [0.15, 0.2) is 24.3 Å². The number of cyclic esters (lactones) is 1. The third-order valence-corrected chi connectivity index (χ3v) is 4.44. The standard InChI is InChI=1S/C10H11O5P/c1-13-16(12,14-2)10-8-6-4-3-5-7(8)9(11)15-10/h3-6,10H,1-2H3/t10-/m1/s1. The van der Waals surface area contributed by atoms with Gasteiger partial charge in [-0.25, -0.2) is 4.79 Å². The second-order valence-electron chi connectivity index (χ2n) is 3.25. The van der Waals surface area contributed by atoms with Crippen molar-refractivity contribution in [2.24, 2.45) is 0 Å². The Balaban J connectivity index is 2.49. The lowest BCUT2D eigenvalue weighted by Crippen LogP contribution is -2.03. The van der Waals surface area contributed by atoms with Crippen molar-refractivity contribution in [1.29, 1.82) is 0 Å². The minimum atomic E-state index is -3.44. The summed E-state index contributed by atoms with van der Waals surface area (Å²) >= 11 is 0. The molecule has 86 valence electrons. The fourth-order valence-electron chi connectivity index (χ4n) is 1.63. The molecule has 1 aliphatic heterocycles. The average molecular weight is 242 g/mol. The van der Waals surface area contributed by atoms with Crippen molar-refractivity contribution in [3.8, 4) is 0 Å². The van der Waals surface area contributed by atoms with Crippen molar-refractivity contribution in [1.82, 2.24) is 0 Å². The fraction of sp³-hybridized carbons (Fsp3) is 0.300. The van der Waals surface area contributed by atoms with E-state index in [9.17, 15) is 9.36 Å². The number of hydrogen-bond donors (Lipinski definition) is 0. The first kappa shape index (κ1) is 11.3. The molecule has 16 heavy (non-hydrogen) atoms. The average Bonchev–Trinajstić information content (AvgIpc) is 2.67. The Morgan fingerprint density at radius 3 is 2.50 bits per heavy atom. The van der Waals surface area contributed by atoms with Crippen LogP contribution in [-0.4, -0.2) is 20.2 Å². The zero-order valence-electron chi connectivity index (χ0n) is 8.88. The van der Waals surface area contributed by atoms with E-state index in [1.165, 1.54) is 14.2 Å². The van der Waals surface area contributed by atoms with Gasteiger partial charge in [-0.1, -0.05) is 18.2 Å². The number of rotatable bonds is 3. The van der Waals surface area contributed by atoms with Gasteiger partial charge < -0.3 is 13.8 Å². The Labute approximate surface area is 92.9 Å². The second kappa shape index (κ2) is 4.01. The van der Waals surface area contributed by atoms with Crippen molar-refractivity contribution in [2.45, 2.75) is 5.85 Å². The number of benzene rings is 1. The minimum Gasteiger partial charge on any atom is -0.441 e. The van der Waals surface area contributed by atoms with Gasteiger partial charge in [0, 0.05) is 19.8 Å². The number of ether oxygens (including phenoxy) is 1. The number of esters is 1. The van der Waals surface area contributed by atoms with Gasteiger partial charge in [0.25, 0.3) is 0 Å². The molecule has 0 N–H and O–H groups in total. The van der Waals surface area contributed by atoms with E-state index in [2.05, 4.69) is 0 Å². The van der Waals surface area contributed by atoms with E-state index >= 15 is 0 Å². The van der Waals surface area contributed by atoms with Crippen LogP contribution in [0.25, 0.3) is 0 Å². The zero-order valence-corrected chi connectivity index (χ0v) is 9.77. The highest BCUT2D eigenvalue weighted by molar-refractivity contribution is 7.54. The van der Waals surface area contributed by atoms with E-state index in [0.29, 0.717) is 11.1 Å². The summed E-state index contributed by atoms with van der Waals surface area (Å²) < 4.78 is 26.8. The molecule has 1 aliphatic rings. The Morgan fingerprint density at radius 1 is 1.25 bits per heavy atom. The van der Waals surface area contributed by atoms with Gasteiger partial charge in [-0.3, -0.25) is 4.57 Å². The molecule has 0 saturated heterocycles. The molecule has 0 amide bonds. The molecule has 0 saturated carbocycles. The van der Waals surface area contributed by atoms with Crippen LogP contribution in [0.3, 0.4) is 0 Å². The molecular formula is C10H11O5P. The van der Waals surface area contributed by atoms with Gasteiger partial charge in [0.05, 0.1) is 5.56 Å². The molecule has 1 atom stereocenters. The first-order chi connectivity index (χ1) is 7.62. The molecule has 0 unspecified atom stereocenters. The molecule has 1 aromatic carbocycles. The first-order valence-electron chi connectivity index (χ1n) is 4.63. The lowest BCUT2D eigenvalue weighted by atomic mass is 10.1. The number of carbonyl (C=O) groups excluding carboxylic acids is 1. The van der Waals surface area contributed by atoms with Crippen molar-refractivity contribution in [2.75, 3.05) is 14.2 Å². The van der Waals surface area contributed by atoms with Crippen LogP contribution in [0.5, 0.6) is 0 Å². The number of hydrogen-bond acceptors (Lipinski definition) is 5. The van der Waals surface area contributed by atoms with E-state index in [4.69, 9.17) is 13.8 Å². The Hall–Kier alpha value is -1.16. The lowest BCUT2D eigenvalue weighted by molar-refractivity contribution is 0.0456. The van der Waals surface area contributed by atoms with Crippen molar-refractivity contribution in [3.05, 3.63) is 35.4 Å². The van der Waals surface area contributed by atoms with Gasteiger partial charge in [0.2, 0.25) is 5.85 Å². The monoisotopic (exact) mass is 242 g/mol. The molecule has 0 radical (unpaired) electrons. The Kier molecular flexibility index (Phi) is 2.84. The highest BCUT2D eigenvalue weighted by Crippen LogP contribution is 2.62. The van der Waals surface area contributed by atoms with Crippen LogP contribution in [0.4, 0.5) is 0 Å². The van der Waals surface area contributed by atoms with Crippen LogP contribution < -0.4 is 0 Å². The predicted octanol–water partition coefficient (Wildman–Crippen LogP) is 2.34. The molecule has 0 fully saturated rings. The largest absolute Gasteiger partial charge is 0.441 e. The molecule has 0 spiro atoms. The quantitative estimate of drug-likeness (QED) is 0.601. The van der Waals surface area contributed by atoms with E-state index in [-0.39, 0.29) is 0 Å². The first-order valence-corrected chi connectivity index (χ1v) is 6.24. The van der Waals surface area contributed by atoms with E-state index in [0.717, 1.165) is 0 Å². The maximum Gasteiger partial charge on any atom is 0.375 e. The highest BCUT2D eigenvalue weighted by Gasteiger charge is 2.45. The Morgan fingerprint density at radius 2 is 1.88 bits per heavy atom. The van der Waals surface area contributed by atoms with Gasteiger partial charge in [0.15, 0.2) is 0 Å². The molecule has 2 rings (SSSR count). The van der Waals surface area contributed by atoms with Crippen molar-refractivity contribution >= 4 is 13.6 Å². The SMILES string of the molecule is COP(=O)(OC)[C@H]1OC(=O)c2ccccc21. The summed E-state index contributed by atoms with van der Waals surface area (Å²) in [7, 11) is -0.916. The van der Waals surface area contributed by atoms with Crippen LogP contribution in [0.2, 0.25) is 0 Å². The molecule has 1 heterocycles. The predicted molar refractivity (Wildman–Crippen MR) is 56.2 cm³/mol. The highest BCUT2D eigenvalue weighted by atomic mass is 31.2. The lowest BCUT2D eigenvalue weighted by Gasteiger charge is -2.19. The Bertz CT molecular complexity index is 462. The van der Waals surface area contributed by atoms with Crippen LogP contribution >= 0.6 is 7.60 Å². The molecule has 0 bridgehead atoms. The summed E-state index contributed by atoms with van der Waals surface area (Å²) in [6, 6.07) is 6.75. The topological polar surface area (TPSA) is 61.8 Å². The van der Waals surface area contributed by atoms with Gasteiger partial charge in [0.1, 0.15) is 0 Å². The molecule has 1 aromatic rings. The minimum absolute atomic E-state index is 0.404. The summed E-state index contributed by atoms with van der Waals surface area (Å²) in [5.41, 5.74) is 0.946. The maximum absolute atomic E-state index is 12.1. The summed E-state index contributed by atoms with van der Waals surface area (Å²) in [6.45, 7) is 0. The number of carbonyl (C=O) groups is 1. The van der Waals surface area contributed by atoms with Crippen molar-refractivity contribution in [3.63, 3.8) is 0 Å². The molecule has 6 heteroatoms. The maximum atomic E-state index is 12.1. The third-order valence-electron chi connectivity index (χ3n) is 2.46. The molecule has 0 aliphatic carbocycles. The smallest absolute Gasteiger partial charge is 0.375 e. The summed E-state index contributed by atoms with van der Waals surface area (Å²) in [5.74, 6) is -1.47. The van der Waals surface area contributed by atoms with Crippen LogP contribution in [-0.2, 0) is 18.3 Å². The van der Waals surface area contributed by atoms with E-state index in [1.807, 2.05) is 0 Å². The summed E-state index contributed by atoms with van der Waals surface area (Å²) in [4.78, 5) is 11.5.